The van der Waals surface area contributed by atoms with E-state index in [9.17, 15) is 13.2 Å². The summed E-state index contributed by atoms with van der Waals surface area (Å²) in [4.78, 5) is 19.3. The zero-order chi connectivity index (χ0) is 29.3. The van der Waals surface area contributed by atoms with E-state index in [1.54, 1.807) is 30.3 Å². The molecule has 0 spiro atoms. The maximum atomic E-state index is 12.8. The molecule has 1 amide bonds. The Kier molecular flexibility index (Phi) is 10.4. The molecular formula is C25H31ClN6O7S. The van der Waals surface area contributed by atoms with Crippen molar-refractivity contribution in [2.45, 2.75) is 6.42 Å². The highest BCUT2D eigenvalue weighted by Gasteiger charge is 2.22. The van der Waals surface area contributed by atoms with Gasteiger partial charge in [0, 0.05) is 37.0 Å². The molecular weight excluding hydrogens is 564 g/mol. The molecule has 2 aromatic carbocycles. The van der Waals surface area contributed by atoms with Gasteiger partial charge >= 0.3 is 0 Å². The van der Waals surface area contributed by atoms with Gasteiger partial charge < -0.3 is 34.9 Å². The first-order valence-electron chi connectivity index (χ1n) is 11.8. The number of sulfonamides is 1. The molecule has 216 valence electrons. The first kappa shape index (κ1) is 30.4. The van der Waals surface area contributed by atoms with Crippen molar-refractivity contribution in [1.82, 2.24) is 15.3 Å². The van der Waals surface area contributed by atoms with Gasteiger partial charge in [-0.1, -0.05) is 11.6 Å². The Labute approximate surface area is 237 Å². The average Bonchev–Trinajstić information content (AvgIpc) is 2.94. The Morgan fingerprint density at radius 1 is 1.00 bits per heavy atom. The number of nitrogens with one attached hydrogen (secondary N) is 3. The molecule has 40 heavy (non-hydrogen) atoms. The Bertz CT molecular complexity index is 1420. The molecule has 0 unspecified atom stereocenters. The van der Waals surface area contributed by atoms with Crippen LogP contribution >= 0.6 is 11.6 Å². The third kappa shape index (κ3) is 7.48. The zero-order valence-electron chi connectivity index (χ0n) is 22.6. The van der Waals surface area contributed by atoms with Crippen LogP contribution in [0.15, 0.2) is 36.5 Å². The van der Waals surface area contributed by atoms with E-state index in [0.29, 0.717) is 59.4 Å². The normalized spacial score (nSPS) is 10.8. The molecule has 0 atom stereocenters. The Morgan fingerprint density at radius 3 is 2.27 bits per heavy atom. The van der Waals surface area contributed by atoms with Crippen LogP contribution in [-0.2, 0) is 14.8 Å². The van der Waals surface area contributed by atoms with Crippen LogP contribution < -0.4 is 39.2 Å². The molecule has 0 fully saturated rings. The number of carbonyl (C=O) groups is 1. The lowest BCUT2D eigenvalue weighted by Crippen LogP contribution is -2.33. The number of aromatic nitrogens is 2. The average molecular weight is 595 g/mol. The number of methoxy groups -OCH3 is 4. The van der Waals surface area contributed by atoms with E-state index in [1.165, 1.54) is 38.9 Å². The first-order valence-corrected chi connectivity index (χ1v) is 14.1. The molecule has 3 aromatic rings. The van der Waals surface area contributed by atoms with Gasteiger partial charge in [0.05, 0.1) is 52.3 Å². The topological polar surface area (TPSA) is 153 Å². The van der Waals surface area contributed by atoms with Gasteiger partial charge in [-0.2, -0.15) is 4.98 Å². The second-order valence-corrected chi connectivity index (χ2v) is 10.5. The molecule has 0 aliphatic heterocycles. The van der Waals surface area contributed by atoms with Crippen molar-refractivity contribution in [3.63, 3.8) is 0 Å². The van der Waals surface area contributed by atoms with Crippen molar-refractivity contribution in [3.8, 4) is 23.0 Å². The smallest absolute Gasteiger partial charge is 0.232 e. The number of rotatable bonds is 15. The minimum absolute atomic E-state index is 0.104. The summed E-state index contributed by atoms with van der Waals surface area (Å²) in [5.74, 6) is 2.15. The Hall–Kier alpha value is -4.17. The summed E-state index contributed by atoms with van der Waals surface area (Å²) in [6.45, 7) is 0.406. The SMILES string of the molecule is COc1ccc(Nc2nc(Nc3cc(OC)c(OC)c(OC)c3)ncc2Cl)c(N(CCCNC=O)S(C)(=O)=O)c1. The van der Waals surface area contributed by atoms with E-state index in [-0.39, 0.29) is 23.3 Å². The van der Waals surface area contributed by atoms with E-state index < -0.39 is 10.0 Å². The van der Waals surface area contributed by atoms with Crippen molar-refractivity contribution in [2.24, 2.45) is 0 Å². The lowest BCUT2D eigenvalue weighted by atomic mass is 10.2. The number of anilines is 5. The molecule has 3 rings (SSSR count). The first-order chi connectivity index (χ1) is 19.1. The van der Waals surface area contributed by atoms with Gasteiger partial charge in [-0.05, 0) is 18.6 Å². The third-order valence-corrected chi connectivity index (χ3v) is 7.01. The molecule has 13 nitrogen and oxygen atoms in total. The lowest BCUT2D eigenvalue weighted by Gasteiger charge is -2.26. The number of benzene rings is 2. The van der Waals surface area contributed by atoms with E-state index in [0.717, 1.165) is 6.26 Å². The van der Waals surface area contributed by atoms with Crippen molar-refractivity contribution in [2.75, 3.05) is 62.7 Å². The van der Waals surface area contributed by atoms with Crippen molar-refractivity contribution < 1.29 is 32.2 Å². The molecule has 0 bridgehead atoms. The quantitative estimate of drug-likeness (QED) is 0.175. The molecule has 0 aliphatic carbocycles. The van der Waals surface area contributed by atoms with Gasteiger partial charge in [-0.25, -0.2) is 13.4 Å². The minimum atomic E-state index is -3.71. The van der Waals surface area contributed by atoms with E-state index >= 15 is 0 Å². The Morgan fingerprint density at radius 2 is 1.70 bits per heavy atom. The highest BCUT2D eigenvalue weighted by Crippen LogP contribution is 2.41. The van der Waals surface area contributed by atoms with Crippen LogP contribution in [0.1, 0.15) is 6.42 Å². The van der Waals surface area contributed by atoms with E-state index in [2.05, 4.69) is 25.9 Å². The second-order valence-electron chi connectivity index (χ2n) is 8.20. The number of nitrogens with zero attached hydrogens (tertiary/aromatic N) is 3. The second kappa shape index (κ2) is 13.8. The van der Waals surface area contributed by atoms with Crippen LogP contribution in [-0.4, -0.2) is 72.6 Å². The number of halogens is 1. The molecule has 0 saturated heterocycles. The summed E-state index contributed by atoms with van der Waals surface area (Å²) in [6, 6.07) is 8.29. The van der Waals surface area contributed by atoms with Crippen LogP contribution in [0.4, 0.5) is 28.8 Å². The molecule has 1 aromatic heterocycles. The summed E-state index contributed by atoms with van der Waals surface area (Å²) in [7, 11) is 2.29. The van der Waals surface area contributed by atoms with Gasteiger partial charge in [-0.3, -0.25) is 9.10 Å². The largest absolute Gasteiger partial charge is 0.497 e. The molecule has 0 radical (unpaired) electrons. The van der Waals surface area contributed by atoms with E-state index in [4.69, 9.17) is 30.5 Å². The lowest BCUT2D eigenvalue weighted by molar-refractivity contribution is -0.109. The maximum Gasteiger partial charge on any atom is 0.232 e. The predicted octanol–water partition coefficient (Wildman–Crippen LogP) is 3.55. The number of hydrogen-bond donors (Lipinski definition) is 3. The summed E-state index contributed by atoms with van der Waals surface area (Å²) in [5.41, 5.74) is 1.26. The monoisotopic (exact) mass is 594 g/mol. The fraction of sp³-hybridized carbons (Fsp3) is 0.320. The van der Waals surface area contributed by atoms with Gasteiger partial charge in [-0.15, -0.1) is 0 Å². The minimum Gasteiger partial charge on any atom is -0.497 e. The summed E-state index contributed by atoms with van der Waals surface area (Å²) < 4.78 is 48.2. The fourth-order valence-electron chi connectivity index (χ4n) is 3.72. The van der Waals surface area contributed by atoms with Gasteiger partial charge in [0.25, 0.3) is 0 Å². The predicted molar refractivity (Wildman–Crippen MR) is 154 cm³/mol. The van der Waals surface area contributed by atoms with Crippen LogP contribution in [0.5, 0.6) is 23.0 Å². The fourth-order valence-corrected chi connectivity index (χ4v) is 4.83. The summed E-state index contributed by atoms with van der Waals surface area (Å²) in [6.07, 6.45) is 3.43. The zero-order valence-corrected chi connectivity index (χ0v) is 24.2. The van der Waals surface area contributed by atoms with Gasteiger partial charge in [0.2, 0.25) is 28.1 Å². The molecule has 0 aliphatic rings. The molecule has 3 N–H and O–H groups in total. The summed E-state index contributed by atoms with van der Waals surface area (Å²) in [5, 5.41) is 8.91. The number of carbonyl (C=O) groups excluding carboxylic acids is 1. The number of ether oxygens (including phenoxy) is 4. The van der Waals surface area contributed by atoms with Crippen LogP contribution in [0.2, 0.25) is 5.02 Å². The molecule has 15 heteroatoms. The van der Waals surface area contributed by atoms with Gasteiger partial charge in [0.1, 0.15) is 10.8 Å². The standard InChI is InChI=1S/C25H31ClN6O7S/c1-36-17-7-8-19(20(13-17)32(40(5,34)35)10-6-9-27-15-33)30-24-18(26)14-28-25(31-24)29-16-11-21(37-2)23(39-4)22(12-16)38-3/h7-8,11-15H,6,9-10H2,1-5H3,(H,27,33)(H2,28,29,30,31). The number of hydrogen-bond acceptors (Lipinski definition) is 11. The molecule has 0 saturated carbocycles. The highest BCUT2D eigenvalue weighted by molar-refractivity contribution is 7.92. The third-order valence-electron chi connectivity index (χ3n) is 5.56. The van der Waals surface area contributed by atoms with Crippen molar-refractivity contribution in [1.29, 1.82) is 0 Å². The maximum absolute atomic E-state index is 12.8. The Balaban J connectivity index is 1.98. The van der Waals surface area contributed by atoms with Crippen LogP contribution in [0.25, 0.3) is 0 Å². The van der Waals surface area contributed by atoms with Crippen molar-refractivity contribution >= 4 is 56.9 Å². The summed E-state index contributed by atoms with van der Waals surface area (Å²) >= 11 is 6.41. The van der Waals surface area contributed by atoms with Crippen LogP contribution in [0, 0.1) is 0 Å². The number of amides is 1. The highest BCUT2D eigenvalue weighted by atomic mass is 35.5. The van der Waals surface area contributed by atoms with E-state index in [1.807, 2.05) is 0 Å². The van der Waals surface area contributed by atoms with Crippen molar-refractivity contribution in [3.05, 3.63) is 41.6 Å². The van der Waals surface area contributed by atoms with Gasteiger partial charge in [0.15, 0.2) is 17.3 Å². The van der Waals surface area contributed by atoms with Crippen LogP contribution in [0.3, 0.4) is 0 Å². The molecule has 1 heterocycles.